The largest absolute Gasteiger partial charge is 0.433 e. The fourth-order valence-corrected chi connectivity index (χ4v) is 1.86. The number of aromatic nitrogens is 2. The van der Waals surface area contributed by atoms with Crippen LogP contribution in [0.5, 0.6) is 0 Å². The molecule has 1 aromatic heterocycles. The Labute approximate surface area is 120 Å². The van der Waals surface area contributed by atoms with Crippen LogP contribution in [0, 0.1) is 0 Å². The first kappa shape index (κ1) is 15.1. The minimum Gasteiger partial charge on any atom is -0.357 e. The Morgan fingerprint density at radius 3 is 2.48 bits per heavy atom. The van der Waals surface area contributed by atoms with Gasteiger partial charge >= 0.3 is 6.18 Å². The lowest BCUT2D eigenvalue weighted by Crippen LogP contribution is -2.12. The highest BCUT2D eigenvalue weighted by molar-refractivity contribution is 5.61. The highest BCUT2D eigenvalue weighted by Crippen LogP contribution is 2.30. The maximum atomic E-state index is 12.8. The van der Waals surface area contributed by atoms with Gasteiger partial charge < -0.3 is 10.6 Å². The highest BCUT2D eigenvalue weighted by Gasteiger charge is 2.33. The Morgan fingerprint density at radius 2 is 1.86 bits per heavy atom. The first-order valence-corrected chi connectivity index (χ1v) is 6.43. The SMILES string of the molecule is CCc1ccccc1Nc1cc(C(F)(F)F)nc(NC)n1. The molecule has 2 N–H and O–H groups in total. The van der Waals surface area contributed by atoms with Gasteiger partial charge in [-0.25, -0.2) is 4.98 Å². The van der Waals surface area contributed by atoms with E-state index in [9.17, 15) is 13.2 Å². The molecular formula is C14H15F3N4. The molecule has 21 heavy (non-hydrogen) atoms. The van der Waals surface area contributed by atoms with Crippen LogP contribution in [-0.2, 0) is 12.6 Å². The molecule has 0 aliphatic carbocycles. The number of anilines is 3. The standard InChI is InChI=1S/C14H15F3N4/c1-3-9-6-4-5-7-10(9)19-12-8-11(14(15,16)17)20-13(18-2)21-12/h4-8H,3H2,1-2H3,(H2,18,19,20,21). The molecule has 0 fully saturated rings. The Balaban J connectivity index is 2.39. The van der Waals surface area contributed by atoms with E-state index in [1.807, 2.05) is 25.1 Å². The van der Waals surface area contributed by atoms with Crippen molar-refractivity contribution in [1.29, 1.82) is 0 Å². The maximum absolute atomic E-state index is 12.8. The Morgan fingerprint density at radius 1 is 1.14 bits per heavy atom. The zero-order valence-electron chi connectivity index (χ0n) is 11.6. The van der Waals surface area contributed by atoms with Gasteiger partial charge in [-0.1, -0.05) is 25.1 Å². The van der Waals surface area contributed by atoms with Crippen molar-refractivity contribution in [2.75, 3.05) is 17.7 Å². The third-order valence-electron chi connectivity index (χ3n) is 2.90. The summed E-state index contributed by atoms with van der Waals surface area (Å²) in [6.45, 7) is 1.97. The van der Waals surface area contributed by atoms with Crippen molar-refractivity contribution in [3.8, 4) is 0 Å². The van der Waals surface area contributed by atoms with Crippen molar-refractivity contribution in [2.45, 2.75) is 19.5 Å². The van der Waals surface area contributed by atoms with E-state index in [2.05, 4.69) is 20.6 Å². The number of nitrogens with zero attached hydrogens (tertiary/aromatic N) is 2. The summed E-state index contributed by atoms with van der Waals surface area (Å²) in [5, 5.41) is 5.45. The van der Waals surface area contributed by atoms with Crippen LogP contribution in [0.4, 0.5) is 30.6 Å². The number of aryl methyl sites for hydroxylation is 1. The summed E-state index contributed by atoms with van der Waals surface area (Å²) in [6.07, 6.45) is -3.76. The van der Waals surface area contributed by atoms with Crippen LogP contribution in [-0.4, -0.2) is 17.0 Å². The highest BCUT2D eigenvalue weighted by atomic mass is 19.4. The Bertz CT molecular complexity index is 626. The Hall–Kier alpha value is -2.31. The maximum Gasteiger partial charge on any atom is 0.433 e. The second-order valence-corrected chi connectivity index (χ2v) is 4.35. The molecular weight excluding hydrogens is 281 g/mol. The molecule has 0 aliphatic heterocycles. The van der Waals surface area contributed by atoms with Crippen LogP contribution in [0.15, 0.2) is 30.3 Å². The van der Waals surface area contributed by atoms with Crippen LogP contribution >= 0.6 is 0 Å². The molecule has 2 aromatic rings. The van der Waals surface area contributed by atoms with E-state index < -0.39 is 11.9 Å². The van der Waals surface area contributed by atoms with Gasteiger partial charge in [0.25, 0.3) is 0 Å². The lowest BCUT2D eigenvalue weighted by atomic mass is 10.1. The Kier molecular flexibility index (Phi) is 4.30. The van der Waals surface area contributed by atoms with E-state index >= 15 is 0 Å². The molecule has 0 amide bonds. The third-order valence-corrected chi connectivity index (χ3v) is 2.90. The summed E-state index contributed by atoms with van der Waals surface area (Å²) < 4.78 is 38.5. The van der Waals surface area contributed by atoms with Gasteiger partial charge in [-0.2, -0.15) is 18.2 Å². The first-order chi connectivity index (χ1) is 9.94. The monoisotopic (exact) mass is 296 g/mol. The van der Waals surface area contributed by atoms with Crippen LogP contribution < -0.4 is 10.6 Å². The molecule has 0 aliphatic rings. The number of nitrogens with one attached hydrogen (secondary N) is 2. The summed E-state index contributed by atoms with van der Waals surface area (Å²) >= 11 is 0. The van der Waals surface area contributed by atoms with Crippen molar-refractivity contribution in [3.63, 3.8) is 0 Å². The van der Waals surface area contributed by atoms with Crippen molar-refractivity contribution in [2.24, 2.45) is 0 Å². The second kappa shape index (κ2) is 5.99. The molecule has 0 radical (unpaired) electrons. The number of alkyl halides is 3. The normalized spacial score (nSPS) is 11.3. The van der Waals surface area contributed by atoms with Crippen LogP contribution in [0.1, 0.15) is 18.2 Å². The fraction of sp³-hybridized carbons (Fsp3) is 0.286. The van der Waals surface area contributed by atoms with Gasteiger partial charge in [0.2, 0.25) is 5.95 Å². The zero-order valence-corrected chi connectivity index (χ0v) is 11.6. The molecule has 2 rings (SSSR count). The number of rotatable bonds is 4. The number of para-hydroxylation sites is 1. The summed E-state index contributed by atoms with van der Waals surface area (Å²) in [6, 6.07) is 8.30. The van der Waals surface area contributed by atoms with Gasteiger partial charge in [0.15, 0.2) is 5.69 Å². The average molecular weight is 296 g/mol. The van der Waals surface area contributed by atoms with Gasteiger partial charge in [-0.05, 0) is 18.1 Å². The molecule has 1 heterocycles. The van der Waals surface area contributed by atoms with Gasteiger partial charge in [0.05, 0.1) is 0 Å². The number of halogens is 3. The van der Waals surface area contributed by atoms with E-state index in [-0.39, 0.29) is 11.8 Å². The van der Waals surface area contributed by atoms with Crippen molar-refractivity contribution >= 4 is 17.5 Å². The predicted octanol–water partition coefficient (Wildman–Crippen LogP) is 3.84. The molecule has 0 spiro atoms. The topological polar surface area (TPSA) is 49.8 Å². The van der Waals surface area contributed by atoms with E-state index in [1.54, 1.807) is 6.07 Å². The summed E-state index contributed by atoms with van der Waals surface area (Å²) in [5.74, 6) is 0.0175. The summed E-state index contributed by atoms with van der Waals surface area (Å²) in [4.78, 5) is 7.42. The molecule has 0 saturated heterocycles. The van der Waals surface area contributed by atoms with E-state index in [0.717, 1.165) is 23.7 Å². The zero-order chi connectivity index (χ0) is 15.5. The van der Waals surface area contributed by atoms with Crippen LogP contribution in [0.3, 0.4) is 0 Å². The molecule has 0 atom stereocenters. The molecule has 0 unspecified atom stereocenters. The van der Waals surface area contributed by atoms with Gasteiger partial charge in [-0.3, -0.25) is 0 Å². The molecule has 0 bridgehead atoms. The van der Waals surface area contributed by atoms with E-state index in [0.29, 0.717) is 0 Å². The molecule has 112 valence electrons. The summed E-state index contributed by atoms with van der Waals surface area (Å²) in [7, 11) is 1.47. The molecule has 7 heteroatoms. The third kappa shape index (κ3) is 3.62. The first-order valence-electron chi connectivity index (χ1n) is 6.43. The van der Waals surface area contributed by atoms with Crippen molar-refractivity contribution in [1.82, 2.24) is 9.97 Å². The van der Waals surface area contributed by atoms with Crippen LogP contribution in [0.2, 0.25) is 0 Å². The lowest BCUT2D eigenvalue weighted by Gasteiger charge is -2.13. The number of benzene rings is 1. The van der Waals surface area contributed by atoms with Gasteiger partial charge in [-0.15, -0.1) is 0 Å². The van der Waals surface area contributed by atoms with Crippen molar-refractivity contribution < 1.29 is 13.2 Å². The number of hydrogen-bond acceptors (Lipinski definition) is 4. The minimum atomic E-state index is -4.52. The quantitative estimate of drug-likeness (QED) is 0.900. The minimum absolute atomic E-state index is 0.0821. The predicted molar refractivity (Wildman–Crippen MR) is 75.7 cm³/mol. The molecule has 4 nitrogen and oxygen atoms in total. The van der Waals surface area contributed by atoms with Gasteiger partial charge in [0, 0.05) is 18.8 Å². The van der Waals surface area contributed by atoms with Crippen LogP contribution in [0.25, 0.3) is 0 Å². The van der Waals surface area contributed by atoms with Gasteiger partial charge in [0.1, 0.15) is 5.82 Å². The lowest BCUT2D eigenvalue weighted by molar-refractivity contribution is -0.141. The number of hydrogen-bond donors (Lipinski definition) is 2. The van der Waals surface area contributed by atoms with E-state index in [1.165, 1.54) is 7.05 Å². The second-order valence-electron chi connectivity index (χ2n) is 4.35. The summed E-state index contributed by atoms with van der Waals surface area (Å²) in [5.41, 5.74) is 0.739. The molecule has 0 saturated carbocycles. The van der Waals surface area contributed by atoms with Crippen molar-refractivity contribution in [3.05, 3.63) is 41.6 Å². The van der Waals surface area contributed by atoms with E-state index in [4.69, 9.17) is 0 Å². The fourth-order valence-electron chi connectivity index (χ4n) is 1.86. The average Bonchev–Trinajstić information content (AvgIpc) is 2.46. The molecule has 1 aromatic carbocycles. The smallest absolute Gasteiger partial charge is 0.357 e.